The highest BCUT2D eigenvalue weighted by molar-refractivity contribution is 14.0. The van der Waals surface area contributed by atoms with Gasteiger partial charge in [0.15, 0.2) is 5.96 Å². The molecule has 2 heterocycles. The number of nitrogens with zero attached hydrogens (tertiary/aromatic N) is 5. The first-order valence-corrected chi connectivity index (χ1v) is 10.2. The van der Waals surface area contributed by atoms with Crippen molar-refractivity contribution >= 4 is 41.0 Å². The third kappa shape index (κ3) is 5.63. The molecule has 0 aliphatic rings. The van der Waals surface area contributed by atoms with E-state index in [9.17, 15) is 0 Å². The van der Waals surface area contributed by atoms with Crippen molar-refractivity contribution in [2.75, 3.05) is 20.1 Å². The lowest BCUT2D eigenvalue weighted by atomic mass is 10.1. The van der Waals surface area contributed by atoms with Gasteiger partial charge in [0.2, 0.25) is 0 Å². The summed E-state index contributed by atoms with van der Waals surface area (Å²) in [7, 11) is 1.80. The van der Waals surface area contributed by atoms with Crippen LogP contribution < -0.4 is 10.6 Å². The van der Waals surface area contributed by atoms with Crippen LogP contribution in [0.25, 0.3) is 16.7 Å². The van der Waals surface area contributed by atoms with Crippen molar-refractivity contribution in [3.8, 4) is 5.69 Å². The highest BCUT2D eigenvalue weighted by Gasteiger charge is 2.06. The summed E-state index contributed by atoms with van der Waals surface area (Å²) in [6, 6.07) is 18.6. The van der Waals surface area contributed by atoms with Gasteiger partial charge in [0.25, 0.3) is 0 Å². The number of para-hydroxylation sites is 2. The number of aryl methyl sites for hydroxylation is 1. The van der Waals surface area contributed by atoms with Crippen molar-refractivity contribution in [3.05, 3.63) is 78.4 Å². The Morgan fingerprint density at radius 2 is 1.77 bits per heavy atom. The summed E-state index contributed by atoms with van der Waals surface area (Å²) >= 11 is 0. The number of aromatic nitrogens is 4. The lowest BCUT2D eigenvalue weighted by Gasteiger charge is -2.13. The lowest BCUT2D eigenvalue weighted by molar-refractivity contribution is 0.659. The zero-order chi connectivity index (χ0) is 20.8. The van der Waals surface area contributed by atoms with Crippen LogP contribution in [0.3, 0.4) is 0 Å². The zero-order valence-corrected chi connectivity index (χ0v) is 20.2. The minimum Gasteiger partial charge on any atom is -0.356 e. The van der Waals surface area contributed by atoms with Crippen molar-refractivity contribution in [3.63, 3.8) is 0 Å². The second-order valence-electron chi connectivity index (χ2n) is 7.09. The number of imidazole rings is 1. The Kier molecular flexibility index (Phi) is 8.05. The molecule has 8 heteroatoms. The monoisotopic (exact) mass is 529 g/mol. The molecule has 0 spiro atoms. The van der Waals surface area contributed by atoms with Crippen LogP contribution in [0.4, 0.5) is 0 Å². The molecule has 0 aliphatic heterocycles. The average molecular weight is 529 g/mol. The standard InChI is InChI=1S/C23H27N7.HI/c1-18-28-21-6-3-4-7-22(21)29(18)17-15-26-23(24-2)25-14-12-19-8-10-20(11-9-19)30-16-5-13-27-30;/h3-11,13,16H,12,14-15,17H2,1-2H3,(H2,24,25,26);1H. The van der Waals surface area contributed by atoms with Crippen LogP contribution in [0.5, 0.6) is 0 Å². The van der Waals surface area contributed by atoms with Crippen LogP contribution in [0.15, 0.2) is 72.0 Å². The van der Waals surface area contributed by atoms with Crippen LogP contribution >= 0.6 is 24.0 Å². The summed E-state index contributed by atoms with van der Waals surface area (Å²) in [6.07, 6.45) is 4.65. The highest BCUT2D eigenvalue weighted by atomic mass is 127. The fraction of sp³-hybridized carbons (Fsp3) is 0.261. The largest absolute Gasteiger partial charge is 0.356 e. The Hall–Kier alpha value is -2.88. The molecule has 2 aromatic carbocycles. The summed E-state index contributed by atoms with van der Waals surface area (Å²) in [5.41, 5.74) is 4.54. The number of hydrogen-bond acceptors (Lipinski definition) is 3. The van der Waals surface area contributed by atoms with Gasteiger partial charge < -0.3 is 15.2 Å². The molecule has 0 fully saturated rings. The predicted molar refractivity (Wildman–Crippen MR) is 137 cm³/mol. The Labute approximate surface area is 199 Å². The van der Waals surface area contributed by atoms with Crippen molar-refractivity contribution in [2.45, 2.75) is 19.9 Å². The Balaban J connectivity index is 0.00000272. The second-order valence-corrected chi connectivity index (χ2v) is 7.09. The molecule has 2 aromatic heterocycles. The molecule has 2 N–H and O–H groups in total. The molecule has 0 amide bonds. The van der Waals surface area contributed by atoms with E-state index in [2.05, 4.69) is 66.7 Å². The molecule has 0 radical (unpaired) electrons. The molecule has 162 valence electrons. The third-order valence-corrected chi connectivity index (χ3v) is 5.11. The van der Waals surface area contributed by atoms with Crippen LogP contribution in [0.2, 0.25) is 0 Å². The molecule has 4 rings (SSSR count). The number of fused-ring (bicyclic) bond motifs is 1. The molecule has 4 aromatic rings. The van der Waals surface area contributed by atoms with Gasteiger partial charge >= 0.3 is 0 Å². The molecule has 31 heavy (non-hydrogen) atoms. The van der Waals surface area contributed by atoms with Crippen LogP contribution in [0.1, 0.15) is 11.4 Å². The number of aliphatic imine (C=N–C) groups is 1. The van der Waals surface area contributed by atoms with Gasteiger partial charge in [-0.15, -0.1) is 24.0 Å². The first-order valence-electron chi connectivity index (χ1n) is 10.2. The van der Waals surface area contributed by atoms with E-state index >= 15 is 0 Å². The molecule has 0 bridgehead atoms. The van der Waals surface area contributed by atoms with Gasteiger partial charge in [0, 0.05) is 39.1 Å². The van der Waals surface area contributed by atoms with Crippen LogP contribution in [-0.2, 0) is 13.0 Å². The van der Waals surface area contributed by atoms with Crippen molar-refractivity contribution in [1.82, 2.24) is 30.0 Å². The summed E-state index contributed by atoms with van der Waals surface area (Å²) in [4.78, 5) is 8.95. The van der Waals surface area contributed by atoms with Crippen LogP contribution in [0, 0.1) is 6.92 Å². The van der Waals surface area contributed by atoms with Crippen LogP contribution in [-0.4, -0.2) is 45.4 Å². The topological polar surface area (TPSA) is 72.1 Å². The Morgan fingerprint density at radius 3 is 2.52 bits per heavy atom. The van der Waals surface area contributed by atoms with E-state index in [0.717, 1.165) is 49.0 Å². The van der Waals surface area contributed by atoms with E-state index in [0.29, 0.717) is 0 Å². The number of nitrogens with one attached hydrogen (secondary N) is 2. The average Bonchev–Trinajstić information content (AvgIpc) is 3.41. The van der Waals surface area contributed by atoms with Gasteiger partial charge in [-0.3, -0.25) is 4.99 Å². The smallest absolute Gasteiger partial charge is 0.191 e. The van der Waals surface area contributed by atoms with Crippen molar-refractivity contribution in [1.29, 1.82) is 0 Å². The number of benzene rings is 2. The number of halogens is 1. The fourth-order valence-electron chi connectivity index (χ4n) is 3.55. The quantitative estimate of drug-likeness (QED) is 0.218. The molecule has 0 saturated carbocycles. The molecular weight excluding hydrogens is 501 g/mol. The van der Waals surface area contributed by atoms with Gasteiger partial charge in [-0.2, -0.15) is 5.10 Å². The minimum absolute atomic E-state index is 0. The van der Waals surface area contributed by atoms with E-state index in [4.69, 9.17) is 0 Å². The van der Waals surface area contributed by atoms with Gasteiger partial charge in [0.1, 0.15) is 5.82 Å². The first kappa shape index (κ1) is 22.8. The number of guanidine groups is 1. The fourth-order valence-corrected chi connectivity index (χ4v) is 3.55. The van der Waals surface area contributed by atoms with E-state index in [-0.39, 0.29) is 24.0 Å². The zero-order valence-electron chi connectivity index (χ0n) is 17.8. The van der Waals surface area contributed by atoms with Gasteiger partial charge in [-0.05, 0) is 49.2 Å². The highest BCUT2D eigenvalue weighted by Crippen LogP contribution is 2.14. The summed E-state index contributed by atoms with van der Waals surface area (Å²) in [5, 5.41) is 11.0. The lowest BCUT2D eigenvalue weighted by Crippen LogP contribution is -2.39. The molecule has 0 atom stereocenters. The van der Waals surface area contributed by atoms with E-state index in [1.54, 1.807) is 13.2 Å². The summed E-state index contributed by atoms with van der Waals surface area (Å²) in [5.74, 6) is 1.84. The van der Waals surface area contributed by atoms with Crippen molar-refractivity contribution in [2.24, 2.45) is 4.99 Å². The van der Waals surface area contributed by atoms with Gasteiger partial charge in [-0.25, -0.2) is 9.67 Å². The maximum Gasteiger partial charge on any atom is 0.191 e. The Morgan fingerprint density at radius 1 is 1.00 bits per heavy atom. The van der Waals surface area contributed by atoms with E-state index in [1.807, 2.05) is 36.0 Å². The SMILES string of the molecule is CN=C(NCCc1ccc(-n2cccn2)cc1)NCCn1c(C)nc2ccccc21.I. The Bertz CT molecular complexity index is 1110. The normalized spacial score (nSPS) is 11.4. The maximum absolute atomic E-state index is 4.62. The second kappa shape index (κ2) is 10.9. The van der Waals surface area contributed by atoms with Gasteiger partial charge in [0.05, 0.1) is 16.7 Å². The predicted octanol–water partition coefficient (Wildman–Crippen LogP) is 3.56. The van der Waals surface area contributed by atoms with E-state index in [1.165, 1.54) is 11.1 Å². The summed E-state index contributed by atoms with van der Waals surface area (Å²) in [6.45, 7) is 4.47. The summed E-state index contributed by atoms with van der Waals surface area (Å²) < 4.78 is 4.09. The third-order valence-electron chi connectivity index (χ3n) is 5.11. The first-order chi connectivity index (χ1) is 14.7. The minimum atomic E-state index is 0. The molecule has 0 aliphatic carbocycles. The molecular formula is C23H28IN7. The number of hydrogen-bond donors (Lipinski definition) is 2. The van der Waals surface area contributed by atoms with Crippen molar-refractivity contribution < 1.29 is 0 Å². The van der Waals surface area contributed by atoms with E-state index < -0.39 is 0 Å². The maximum atomic E-state index is 4.62. The molecule has 7 nitrogen and oxygen atoms in total. The van der Waals surface area contributed by atoms with Gasteiger partial charge in [-0.1, -0.05) is 24.3 Å². The molecule has 0 unspecified atom stereocenters. The molecule has 0 saturated heterocycles. The number of rotatable bonds is 7.